The number of allylic oxidation sites excluding steroid dienone is 1. The standard InChI is InChI=1S/C6H8O3.2C3H8O.Ti/c1-2-3-5(7)4-6(8)9;2*1-3(2)4;/h2H,1,3-4H2,(H,8,9);2*3-4H,1-2H3;. The van der Waals surface area contributed by atoms with Crippen LogP contribution in [0.3, 0.4) is 0 Å². The van der Waals surface area contributed by atoms with E-state index < -0.39 is 12.4 Å². The van der Waals surface area contributed by atoms with E-state index in [9.17, 15) is 9.59 Å². The van der Waals surface area contributed by atoms with Crippen LogP contribution in [0.15, 0.2) is 12.7 Å². The predicted molar refractivity (Wildman–Crippen MR) is 66.8 cm³/mol. The number of carboxylic acids is 1. The first-order valence-corrected chi connectivity index (χ1v) is 5.33. The molecule has 0 saturated carbocycles. The molecule has 0 aliphatic heterocycles. The third-order valence-electron chi connectivity index (χ3n) is 0.720. The van der Waals surface area contributed by atoms with Gasteiger partial charge < -0.3 is 15.3 Å². The van der Waals surface area contributed by atoms with Crippen molar-refractivity contribution in [3.8, 4) is 0 Å². The van der Waals surface area contributed by atoms with Crippen LogP contribution in [-0.4, -0.2) is 39.3 Å². The second-order valence-electron chi connectivity index (χ2n) is 3.79. The van der Waals surface area contributed by atoms with Crippen LogP contribution in [0.1, 0.15) is 40.5 Å². The van der Waals surface area contributed by atoms with E-state index in [0.29, 0.717) is 0 Å². The molecule has 0 aromatic carbocycles. The molecule has 0 saturated heterocycles. The Morgan fingerprint density at radius 1 is 1.11 bits per heavy atom. The van der Waals surface area contributed by atoms with Crippen molar-refractivity contribution >= 4 is 11.8 Å². The van der Waals surface area contributed by atoms with E-state index in [4.69, 9.17) is 15.3 Å². The molecular formula is C12H24O5Ti. The van der Waals surface area contributed by atoms with E-state index in [1.165, 1.54) is 6.08 Å². The summed E-state index contributed by atoms with van der Waals surface area (Å²) >= 11 is 0. The molecule has 0 radical (unpaired) electrons. The Labute approximate surface area is 124 Å². The average Bonchev–Trinajstić information content (AvgIpc) is 1.99. The van der Waals surface area contributed by atoms with Crippen molar-refractivity contribution in [2.24, 2.45) is 0 Å². The molecule has 0 atom stereocenters. The summed E-state index contributed by atoms with van der Waals surface area (Å²) < 4.78 is 0. The van der Waals surface area contributed by atoms with Crippen molar-refractivity contribution in [1.29, 1.82) is 0 Å². The zero-order valence-electron chi connectivity index (χ0n) is 11.5. The maximum atomic E-state index is 10.4. The number of ketones is 1. The third-order valence-corrected chi connectivity index (χ3v) is 0.720. The van der Waals surface area contributed by atoms with Crippen molar-refractivity contribution in [3.63, 3.8) is 0 Å². The van der Waals surface area contributed by atoms with Crippen LogP contribution in [0, 0.1) is 0 Å². The Morgan fingerprint density at radius 3 is 1.56 bits per heavy atom. The molecule has 3 N–H and O–H groups in total. The Balaban J connectivity index is -0.0000000922. The van der Waals surface area contributed by atoms with Crippen molar-refractivity contribution in [3.05, 3.63) is 12.7 Å². The SMILES string of the molecule is C=CCC(=O)CC(=O)O.CC(C)O.CC(C)O.[Ti]. The normalized spacial score (nSPS) is 8.22. The van der Waals surface area contributed by atoms with Crippen LogP contribution in [-0.2, 0) is 31.3 Å². The fourth-order valence-electron chi connectivity index (χ4n) is 0.402. The van der Waals surface area contributed by atoms with Crippen LogP contribution in [0.5, 0.6) is 0 Å². The van der Waals surface area contributed by atoms with Gasteiger partial charge in [0, 0.05) is 40.3 Å². The van der Waals surface area contributed by atoms with Gasteiger partial charge in [-0.3, -0.25) is 9.59 Å². The number of carbonyl (C=O) groups excluding carboxylic acids is 1. The van der Waals surface area contributed by atoms with Crippen LogP contribution >= 0.6 is 0 Å². The number of aliphatic hydroxyl groups excluding tert-OH is 2. The molecule has 0 fully saturated rings. The van der Waals surface area contributed by atoms with Gasteiger partial charge >= 0.3 is 5.97 Å². The Bertz CT molecular complexity index is 203. The van der Waals surface area contributed by atoms with Crippen molar-refractivity contribution in [1.82, 2.24) is 0 Å². The molecule has 0 amide bonds. The number of Topliss-reactive ketones (excluding diaryl/α,β-unsaturated/α-hetero) is 1. The Hall–Kier alpha value is -0.486. The fraction of sp³-hybridized carbons (Fsp3) is 0.667. The molecule has 0 bridgehead atoms. The number of hydrogen-bond acceptors (Lipinski definition) is 4. The summed E-state index contributed by atoms with van der Waals surface area (Å²) in [5.41, 5.74) is 0. The van der Waals surface area contributed by atoms with E-state index in [2.05, 4.69) is 6.58 Å². The van der Waals surface area contributed by atoms with Crippen LogP contribution in [0.25, 0.3) is 0 Å². The van der Waals surface area contributed by atoms with Crippen molar-refractivity contribution < 1.29 is 46.6 Å². The molecule has 0 aromatic heterocycles. The molecule has 0 aliphatic carbocycles. The predicted octanol–water partition coefficient (Wildman–Crippen LogP) is 1.38. The zero-order chi connectivity index (χ0) is 14.4. The first-order chi connectivity index (χ1) is 7.63. The molecule has 0 spiro atoms. The van der Waals surface area contributed by atoms with Crippen molar-refractivity contribution in [2.45, 2.75) is 52.7 Å². The van der Waals surface area contributed by atoms with Crippen LogP contribution in [0.4, 0.5) is 0 Å². The Kier molecular flexibility index (Phi) is 27.4. The topological polar surface area (TPSA) is 94.8 Å². The second-order valence-corrected chi connectivity index (χ2v) is 3.79. The minimum Gasteiger partial charge on any atom is -0.481 e. The summed E-state index contributed by atoms with van der Waals surface area (Å²) in [6.07, 6.45) is 0.809. The molecule has 0 unspecified atom stereocenters. The molecule has 0 heterocycles. The van der Waals surface area contributed by atoms with Gasteiger partial charge in [-0.15, -0.1) is 6.58 Å². The summed E-state index contributed by atoms with van der Waals surface area (Å²) in [7, 11) is 0. The summed E-state index contributed by atoms with van der Waals surface area (Å²) in [5, 5.41) is 24.2. The van der Waals surface area contributed by atoms with Gasteiger partial charge in [-0.2, -0.15) is 0 Å². The maximum Gasteiger partial charge on any atom is 0.310 e. The van der Waals surface area contributed by atoms with Gasteiger partial charge in [0.15, 0.2) is 0 Å². The smallest absolute Gasteiger partial charge is 0.310 e. The molecule has 18 heavy (non-hydrogen) atoms. The number of carboxylic acid groups (broad SMARTS) is 1. The summed E-state index contributed by atoms with van der Waals surface area (Å²) in [5.74, 6) is -1.39. The fourth-order valence-corrected chi connectivity index (χ4v) is 0.402. The Morgan fingerprint density at radius 2 is 1.39 bits per heavy atom. The minimum atomic E-state index is -1.08. The van der Waals surface area contributed by atoms with Gasteiger partial charge in [0.2, 0.25) is 0 Å². The molecule has 0 aromatic rings. The van der Waals surface area contributed by atoms with Crippen LogP contribution < -0.4 is 0 Å². The average molecular weight is 296 g/mol. The molecule has 106 valence electrons. The number of hydrogen-bond donors (Lipinski definition) is 3. The first-order valence-electron chi connectivity index (χ1n) is 5.33. The van der Waals surface area contributed by atoms with E-state index in [0.717, 1.165) is 0 Å². The molecular weight excluding hydrogens is 272 g/mol. The van der Waals surface area contributed by atoms with Crippen LogP contribution in [0.2, 0.25) is 0 Å². The second kappa shape index (κ2) is 18.9. The zero-order valence-corrected chi connectivity index (χ0v) is 13.1. The molecule has 5 nitrogen and oxygen atoms in total. The largest absolute Gasteiger partial charge is 0.481 e. The first kappa shape index (κ1) is 26.2. The van der Waals surface area contributed by atoms with E-state index >= 15 is 0 Å². The number of rotatable bonds is 4. The quantitative estimate of drug-likeness (QED) is 0.414. The number of aliphatic carboxylic acids is 1. The van der Waals surface area contributed by atoms with E-state index in [-0.39, 0.29) is 46.1 Å². The van der Waals surface area contributed by atoms with Gasteiger partial charge in [0.1, 0.15) is 12.2 Å². The minimum absolute atomic E-state index is 0. The monoisotopic (exact) mass is 296 g/mol. The number of carbonyl (C=O) groups is 2. The third kappa shape index (κ3) is 77.0. The van der Waals surface area contributed by atoms with Gasteiger partial charge in [-0.25, -0.2) is 0 Å². The van der Waals surface area contributed by atoms with Gasteiger partial charge in [0.25, 0.3) is 0 Å². The van der Waals surface area contributed by atoms with Gasteiger partial charge in [0.05, 0.1) is 0 Å². The van der Waals surface area contributed by atoms with Gasteiger partial charge in [-0.05, 0) is 27.7 Å². The summed E-state index contributed by atoms with van der Waals surface area (Å²) in [6.45, 7) is 10.2. The number of aliphatic hydroxyl groups is 2. The van der Waals surface area contributed by atoms with E-state index in [1.54, 1.807) is 27.7 Å². The molecule has 0 rings (SSSR count). The molecule has 0 aliphatic rings. The molecule has 6 heteroatoms. The summed E-state index contributed by atoms with van der Waals surface area (Å²) in [4.78, 5) is 20.2. The van der Waals surface area contributed by atoms with E-state index in [1.807, 2.05) is 0 Å². The maximum absolute atomic E-state index is 10.4. The van der Waals surface area contributed by atoms with Crippen molar-refractivity contribution in [2.75, 3.05) is 0 Å². The summed E-state index contributed by atoms with van der Waals surface area (Å²) in [6, 6.07) is 0. The van der Waals surface area contributed by atoms with Gasteiger partial charge in [-0.1, -0.05) is 6.08 Å².